The second kappa shape index (κ2) is 27.5. The van der Waals surface area contributed by atoms with Gasteiger partial charge in [0, 0.05) is 124 Å². The van der Waals surface area contributed by atoms with Gasteiger partial charge in [-0.2, -0.15) is 0 Å². The number of anilines is 2. The van der Waals surface area contributed by atoms with Crippen LogP contribution in [-0.2, 0) is 6.54 Å². The molecule has 0 aliphatic carbocycles. The van der Waals surface area contributed by atoms with E-state index < -0.39 is 42.7 Å². The molecule has 0 radical (unpaired) electrons. The molecule has 1 aliphatic heterocycles. The Morgan fingerprint density at radius 2 is 1.13 bits per heavy atom. The van der Waals surface area contributed by atoms with Crippen molar-refractivity contribution in [1.82, 2.24) is 70.0 Å². The smallest absolute Gasteiger partial charge is 0.182 e. The fourth-order valence-electron chi connectivity index (χ4n) is 11.3. The van der Waals surface area contributed by atoms with E-state index in [0.717, 1.165) is 35.9 Å². The van der Waals surface area contributed by atoms with Crippen LogP contribution in [0.4, 0.5) is 10.9 Å². The number of aromatic nitrogens is 12. The number of nitrogens with zero attached hydrogens (tertiary/aromatic N) is 11. The van der Waals surface area contributed by atoms with Crippen molar-refractivity contribution < 1.29 is 34.3 Å². The minimum atomic E-state index is -2.08. The number of methoxy groups -OCH3 is 1. The Kier molecular flexibility index (Phi) is 18.6. The molecule has 8 aromatic heterocycles. The molecule has 464 valence electrons. The van der Waals surface area contributed by atoms with Gasteiger partial charge in [0.15, 0.2) is 34.3 Å². The Balaban J connectivity index is 0.937. The van der Waals surface area contributed by atoms with Gasteiger partial charge in [0.1, 0.15) is 93.3 Å². The van der Waals surface area contributed by atoms with Gasteiger partial charge in [-0.3, -0.25) is 15.2 Å². The van der Waals surface area contributed by atoms with E-state index in [2.05, 4.69) is 113 Å². The molecule has 6 atom stereocenters. The SMILES string of the molecule is COc1ccccc1CNC(C(O)COc1ccc(-c2nc3cc(Br)cnc3[nH]2)cc1)(C(Oc1ccc(-c2nc3cc(Br)cnc3[nH]2)cc1)C(O)CNc1nccs1)C(Oc1ccc(-c2nc3cc(Br)cnc3[nH]2)cc1)C(O)CN1CCN(c2cnccn2)CC1. The zero-order valence-electron chi connectivity index (χ0n) is 48.6. The molecular weight excluding hydrogens is 1380 g/mol. The van der Waals surface area contributed by atoms with E-state index in [1.54, 1.807) is 86.9 Å². The fraction of sp³-hybridized carbons (Fsp3) is 0.234. The molecule has 1 saturated heterocycles. The van der Waals surface area contributed by atoms with E-state index in [9.17, 15) is 15.3 Å². The van der Waals surface area contributed by atoms with Gasteiger partial charge in [0.05, 0.1) is 13.3 Å². The van der Waals surface area contributed by atoms with Crippen molar-refractivity contribution in [3.8, 4) is 57.2 Å². The van der Waals surface area contributed by atoms with Gasteiger partial charge in [-0.05, 0) is 145 Å². The highest BCUT2D eigenvalue weighted by Crippen LogP contribution is 2.37. The van der Waals surface area contributed by atoms with Crippen molar-refractivity contribution >= 4 is 104 Å². The maximum Gasteiger partial charge on any atom is 0.182 e. The molecule has 91 heavy (non-hydrogen) atoms. The number of hydrogen-bond acceptors (Lipinski definition) is 21. The fourth-order valence-corrected chi connectivity index (χ4v) is 12.7. The standard InChI is InChI=1S/C64H59Br3N16O7S/c1-87-52-5-3-2-4-40(52)29-75-64(53(86)36-88-44-12-6-37(7-13-44)57-76-47-26-41(65)30-71-60(47)79-57,55(50(84)33-74-63-70-20-25-91-63)89-45-14-8-38(9-15-45)58-77-48-27-42(66)31-72-61(48)80-58)56(51(85)35-82-21-23-83(24-22-82)54-34-68-18-19-69-54)90-46-16-10-39(11-17-46)59-78-49-28-43(67)32-73-62(49)81-59/h2-20,25-28,30-32,34,50-51,53,55-56,75,84-86H,21-24,29,33,35-36H2,1H3,(H,70,74)(H,71,76,79)(H,72,77,80)(H,73,78,81). The molecule has 23 nitrogen and oxygen atoms in total. The van der Waals surface area contributed by atoms with Crippen LogP contribution in [-0.4, -0.2) is 169 Å². The molecule has 1 fully saturated rings. The lowest BCUT2D eigenvalue weighted by atomic mass is 9.75. The summed E-state index contributed by atoms with van der Waals surface area (Å²) < 4.78 is 29.7. The summed E-state index contributed by atoms with van der Waals surface area (Å²) in [6.07, 6.45) is 4.13. The van der Waals surface area contributed by atoms with Crippen LogP contribution in [0.3, 0.4) is 0 Å². The van der Waals surface area contributed by atoms with Gasteiger partial charge in [-0.25, -0.2) is 39.9 Å². The van der Waals surface area contributed by atoms with Gasteiger partial charge in [0.25, 0.3) is 0 Å². The molecule has 4 aromatic carbocycles. The van der Waals surface area contributed by atoms with Gasteiger partial charge in [0.2, 0.25) is 0 Å². The minimum Gasteiger partial charge on any atom is -0.496 e. The summed E-state index contributed by atoms with van der Waals surface area (Å²) in [5.41, 5.74) is 4.70. The molecule has 0 saturated carbocycles. The van der Waals surface area contributed by atoms with Crippen LogP contribution in [0.15, 0.2) is 177 Å². The largest absolute Gasteiger partial charge is 0.496 e. The number of hydrogen-bond donors (Lipinski definition) is 8. The van der Waals surface area contributed by atoms with Crippen LogP contribution in [0.1, 0.15) is 5.56 Å². The number of aromatic amines is 3. The van der Waals surface area contributed by atoms with Gasteiger partial charge in [-0.15, -0.1) is 11.3 Å². The molecule has 9 heterocycles. The molecule has 13 rings (SSSR count). The molecule has 8 N–H and O–H groups in total. The Hall–Kier alpha value is -8.51. The van der Waals surface area contributed by atoms with Crippen LogP contribution in [0.25, 0.3) is 67.7 Å². The monoisotopic (exact) mass is 1430 g/mol. The van der Waals surface area contributed by atoms with Crippen LogP contribution in [0.5, 0.6) is 23.0 Å². The van der Waals surface area contributed by atoms with E-state index in [0.29, 0.717) is 111 Å². The van der Waals surface area contributed by atoms with Crippen LogP contribution < -0.4 is 34.5 Å². The third kappa shape index (κ3) is 13.9. The number of aliphatic hydroxyl groups excluding tert-OH is 3. The molecule has 0 spiro atoms. The molecule has 0 amide bonds. The average Bonchev–Trinajstić information content (AvgIpc) is 1.62. The lowest BCUT2D eigenvalue weighted by Gasteiger charge is -2.51. The van der Waals surface area contributed by atoms with Crippen molar-refractivity contribution in [1.29, 1.82) is 0 Å². The quantitative estimate of drug-likeness (QED) is 0.0264. The van der Waals surface area contributed by atoms with Crippen molar-refractivity contribution in [3.05, 3.63) is 183 Å². The first-order valence-electron chi connectivity index (χ1n) is 29.0. The maximum absolute atomic E-state index is 13.9. The third-order valence-electron chi connectivity index (χ3n) is 15.8. The molecular formula is C64H59Br3N16O7S. The number of imidazole rings is 3. The number of halogens is 3. The topological polar surface area (TPSA) is 292 Å². The van der Waals surface area contributed by atoms with E-state index in [4.69, 9.17) is 33.9 Å². The van der Waals surface area contributed by atoms with Crippen molar-refractivity contribution in [3.63, 3.8) is 0 Å². The maximum atomic E-state index is 13.9. The number of ether oxygens (including phenoxy) is 4. The predicted molar refractivity (Wildman–Crippen MR) is 357 cm³/mol. The number of thiazole rings is 1. The number of rotatable bonds is 25. The highest BCUT2D eigenvalue weighted by Gasteiger charge is 2.59. The number of nitrogens with one attached hydrogen (secondary N) is 5. The third-order valence-corrected chi connectivity index (χ3v) is 17.8. The van der Waals surface area contributed by atoms with Crippen molar-refractivity contribution in [2.24, 2.45) is 0 Å². The van der Waals surface area contributed by atoms with Crippen LogP contribution in [0, 0.1) is 0 Å². The Morgan fingerprint density at radius 1 is 0.604 bits per heavy atom. The summed E-state index contributed by atoms with van der Waals surface area (Å²) >= 11 is 11.9. The molecule has 1 aliphatic rings. The van der Waals surface area contributed by atoms with E-state index in [1.165, 1.54) is 11.3 Å². The zero-order valence-corrected chi connectivity index (χ0v) is 54.1. The van der Waals surface area contributed by atoms with Crippen molar-refractivity contribution in [2.75, 3.05) is 63.2 Å². The van der Waals surface area contributed by atoms with E-state index in [-0.39, 0.29) is 19.6 Å². The summed E-state index contributed by atoms with van der Waals surface area (Å²) in [7, 11) is 1.58. The first-order chi connectivity index (χ1) is 44.4. The number of benzene rings is 4. The summed E-state index contributed by atoms with van der Waals surface area (Å²) in [4.78, 5) is 55.5. The number of β-amino-alcohol motifs (C(OH)–C–C–N with tert-alkyl or cyclic N) is 1. The second-order valence-electron chi connectivity index (χ2n) is 21.6. The highest BCUT2D eigenvalue weighted by molar-refractivity contribution is 9.11. The van der Waals surface area contributed by atoms with Crippen LogP contribution >= 0.6 is 59.1 Å². The summed E-state index contributed by atoms with van der Waals surface area (Å²) in [6, 6.07) is 34.9. The molecule has 12 aromatic rings. The zero-order chi connectivity index (χ0) is 62.4. The summed E-state index contributed by atoms with van der Waals surface area (Å²) in [6.45, 7) is 1.65. The Labute approximate surface area is 550 Å². The molecule has 6 unspecified atom stereocenters. The second-order valence-corrected chi connectivity index (χ2v) is 25.2. The van der Waals surface area contributed by atoms with Crippen molar-refractivity contribution in [2.45, 2.75) is 42.6 Å². The van der Waals surface area contributed by atoms with Gasteiger partial charge < -0.3 is 59.4 Å². The van der Waals surface area contributed by atoms with E-state index >= 15 is 0 Å². The number of fused-ring (bicyclic) bond motifs is 3. The molecule has 27 heteroatoms. The predicted octanol–water partition coefficient (Wildman–Crippen LogP) is 9.86. The highest BCUT2D eigenvalue weighted by atomic mass is 79.9. The number of pyridine rings is 3. The Morgan fingerprint density at radius 3 is 1.64 bits per heavy atom. The lowest BCUT2D eigenvalue weighted by Crippen LogP contribution is -2.77. The first-order valence-corrected chi connectivity index (χ1v) is 32.3. The van der Waals surface area contributed by atoms with Gasteiger partial charge >= 0.3 is 0 Å². The van der Waals surface area contributed by atoms with Gasteiger partial charge in [-0.1, -0.05) is 18.2 Å². The van der Waals surface area contributed by atoms with E-state index in [1.807, 2.05) is 84.2 Å². The normalized spacial score (nSPS) is 15.3. The van der Waals surface area contributed by atoms with Crippen LogP contribution in [0.2, 0.25) is 0 Å². The lowest BCUT2D eigenvalue weighted by molar-refractivity contribution is -0.153. The number of aliphatic hydroxyl groups is 3. The first kappa shape index (κ1) is 61.4. The Bertz CT molecular complexity index is 4390. The average molecular weight is 1440 g/mol. The number of piperazine rings is 1. The summed E-state index contributed by atoms with van der Waals surface area (Å²) in [5.74, 6) is 4.02. The minimum absolute atomic E-state index is 0.0150. The number of para-hydroxylation sites is 1. The molecule has 0 bridgehead atoms. The number of H-pyrrole nitrogens is 3. The summed E-state index contributed by atoms with van der Waals surface area (Å²) in [5, 5.41) is 50.2.